The Morgan fingerprint density at radius 2 is 0.944 bits per heavy atom. The monoisotopic (exact) mass is 518 g/mol. The van der Waals surface area contributed by atoms with Crippen LogP contribution in [0.5, 0.6) is 0 Å². The van der Waals surface area contributed by atoms with Gasteiger partial charge in [0.2, 0.25) is 5.91 Å². The second-order valence-corrected chi connectivity index (χ2v) is 8.88. The lowest BCUT2D eigenvalue weighted by atomic mass is 9.92. The standard InChI is InChI=1S/C25H46N2O9/c1-21(28)5-11-33-17-25(18-34-12-6-22(2)29,19-35-13-7-23(3)30)20-36-14-8-24(31)27-10-16-32-15-9-26-4/h26H,5-20H2,1-4H3,(H,27,31). The molecule has 0 spiro atoms. The maximum atomic E-state index is 12.1. The summed E-state index contributed by atoms with van der Waals surface area (Å²) in [5.41, 5.74) is -0.734. The number of ketones is 3. The van der Waals surface area contributed by atoms with E-state index in [-0.39, 0.29) is 102 Å². The zero-order valence-electron chi connectivity index (χ0n) is 22.5. The Morgan fingerprint density at radius 1 is 0.556 bits per heavy atom. The molecule has 0 radical (unpaired) electrons. The zero-order chi connectivity index (χ0) is 27.1. The summed E-state index contributed by atoms with van der Waals surface area (Å²) >= 11 is 0. The van der Waals surface area contributed by atoms with Crippen molar-refractivity contribution in [2.75, 3.05) is 86.2 Å². The highest BCUT2D eigenvalue weighted by molar-refractivity contribution is 5.76. The molecule has 0 rings (SSSR count). The summed E-state index contributed by atoms with van der Waals surface area (Å²) in [4.78, 5) is 45.9. The van der Waals surface area contributed by atoms with Gasteiger partial charge in [-0.2, -0.15) is 0 Å². The van der Waals surface area contributed by atoms with E-state index >= 15 is 0 Å². The van der Waals surface area contributed by atoms with E-state index in [1.165, 1.54) is 20.8 Å². The van der Waals surface area contributed by atoms with Crippen LogP contribution in [-0.4, -0.2) is 109 Å². The first-order valence-electron chi connectivity index (χ1n) is 12.5. The Kier molecular flexibility index (Phi) is 21.3. The Morgan fingerprint density at radius 3 is 1.33 bits per heavy atom. The maximum absolute atomic E-state index is 12.1. The number of amides is 1. The number of hydrogen-bond donors (Lipinski definition) is 2. The Bertz CT molecular complexity index is 574. The van der Waals surface area contributed by atoms with Gasteiger partial charge in [0.25, 0.3) is 0 Å². The molecule has 36 heavy (non-hydrogen) atoms. The lowest BCUT2D eigenvalue weighted by molar-refractivity contribution is -0.127. The van der Waals surface area contributed by atoms with Crippen LogP contribution in [0, 0.1) is 5.41 Å². The molecule has 0 aromatic carbocycles. The zero-order valence-corrected chi connectivity index (χ0v) is 22.5. The first-order valence-corrected chi connectivity index (χ1v) is 12.5. The smallest absolute Gasteiger partial charge is 0.222 e. The van der Waals surface area contributed by atoms with E-state index < -0.39 is 5.41 Å². The fourth-order valence-corrected chi connectivity index (χ4v) is 2.84. The maximum Gasteiger partial charge on any atom is 0.222 e. The van der Waals surface area contributed by atoms with Crippen molar-refractivity contribution in [1.29, 1.82) is 0 Å². The minimum atomic E-state index is -0.734. The summed E-state index contributed by atoms with van der Waals surface area (Å²) < 4.78 is 28.4. The highest BCUT2D eigenvalue weighted by Crippen LogP contribution is 2.21. The molecule has 0 saturated carbocycles. The van der Waals surface area contributed by atoms with Crippen molar-refractivity contribution >= 4 is 23.3 Å². The Balaban J connectivity index is 4.82. The van der Waals surface area contributed by atoms with Gasteiger partial charge in [-0.3, -0.25) is 19.2 Å². The molecule has 11 nitrogen and oxygen atoms in total. The predicted octanol–water partition coefficient (Wildman–Crippen LogP) is 0.719. The summed E-state index contributed by atoms with van der Waals surface area (Å²) in [6.45, 7) is 8.34. The molecule has 0 atom stereocenters. The molecule has 1 amide bonds. The first kappa shape index (κ1) is 34.2. The normalized spacial score (nSPS) is 11.4. The van der Waals surface area contributed by atoms with E-state index in [1.807, 2.05) is 7.05 Å². The van der Waals surface area contributed by atoms with Gasteiger partial charge >= 0.3 is 0 Å². The van der Waals surface area contributed by atoms with Crippen LogP contribution in [0.15, 0.2) is 0 Å². The quantitative estimate of drug-likeness (QED) is 0.158. The summed E-state index contributed by atoms with van der Waals surface area (Å²) in [5, 5.41) is 5.76. The fraction of sp³-hybridized carbons (Fsp3) is 0.840. The molecule has 0 saturated heterocycles. The summed E-state index contributed by atoms with van der Waals surface area (Å²) in [5.74, 6) is -0.0898. The Labute approximate surface area is 215 Å². The molecule has 0 unspecified atom stereocenters. The van der Waals surface area contributed by atoms with Gasteiger partial charge in [0.15, 0.2) is 0 Å². The molecule has 0 aromatic rings. The van der Waals surface area contributed by atoms with Gasteiger partial charge in [0.1, 0.15) is 17.3 Å². The van der Waals surface area contributed by atoms with E-state index in [4.69, 9.17) is 23.7 Å². The average molecular weight is 519 g/mol. The first-order chi connectivity index (χ1) is 17.2. The Hall–Kier alpha value is -1.76. The van der Waals surface area contributed by atoms with E-state index in [2.05, 4.69) is 10.6 Å². The van der Waals surface area contributed by atoms with E-state index in [0.29, 0.717) is 19.8 Å². The van der Waals surface area contributed by atoms with E-state index in [1.54, 1.807) is 0 Å². The van der Waals surface area contributed by atoms with Gasteiger partial charge in [-0.1, -0.05) is 0 Å². The van der Waals surface area contributed by atoms with E-state index in [9.17, 15) is 19.2 Å². The second kappa shape index (κ2) is 22.4. The third kappa shape index (κ3) is 21.5. The second-order valence-electron chi connectivity index (χ2n) is 8.88. The van der Waals surface area contributed by atoms with Gasteiger partial charge in [0.05, 0.1) is 71.5 Å². The van der Waals surface area contributed by atoms with Crippen LogP contribution in [0.25, 0.3) is 0 Å². The minimum Gasteiger partial charge on any atom is -0.380 e. The number of ether oxygens (including phenoxy) is 5. The van der Waals surface area contributed by atoms with Crippen LogP contribution in [0.4, 0.5) is 0 Å². The van der Waals surface area contributed by atoms with Gasteiger partial charge in [-0.25, -0.2) is 0 Å². The van der Waals surface area contributed by atoms with Crippen molar-refractivity contribution in [3.8, 4) is 0 Å². The summed E-state index contributed by atoms with van der Waals surface area (Å²) in [7, 11) is 1.84. The third-order valence-electron chi connectivity index (χ3n) is 4.97. The molecule has 0 fully saturated rings. The lowest BCUT2D eigenvalue weighted by Crippen LogP contribution is -2.42. The molecule has 0 aliphatic carbocycles. The van der Waals surface area contributed by atoms with Gasteiger partial charge in [-0.05, 0) is 27.8 Å². The van der Waals surface area contributed by atoms with Crippen LogP contribution in [0.2, 0.25) is 0 Å². The highest BCUT2D eigenvalue weighted by atomic mass is 16.5. The minimum absolute atomic E-state index is 0.0192. The van der Waals surface area contributed by atoms with Crippen molar-refractivity contribution in [1.82, 2.24) is 10.6 Å². The van der Waals surface area contributed by atoms with Crippen molar-refractivity contribution in [2.45, 2.75) is 46.5 Å². The molecular weight excluding hydrogens is 472 g/mol. The van der Waals surface area contributed by atoms with Gasteiger partial charge < -0.3 is 34.3 Å². The fourth-order valence-electron chi connectivity index (χ4n) is 2.84. The number of likely N-dealkylation sites (N-methyl/N-ethyl adjacent to an activating group) is 1. The molecule has 0 aliphatic rings. The van der Waals surface area contributed by atoms with Crippen LogP contribution in [0.1, 0.15) is 46.5 Å². The number of nitrogens with one attached hydrogen (secondary N) is 2. The molecule has 0 aliphatic heterocycles. The van der Waals surface area contributed by atoms with Crippen LogP contribution >= 0.6 is 0 Å². The molecular formula is C25H46N2O9. The van der Waals surface area contributed by atoms with Crippen molar-refractivity contribution < 1.29 is 42.9 Å². The number of carbonyl (C=O) groups excluding carboxylic acids is 4. The number of Topliss-reactive ketones (excluding diaryl/α,β-unsaturated/α-hetero) is 3. The van der Waals surface area contributed by atoms with E-state index in [0.717, 1.165) is 6.54 Å². The largest absolute Gasteiger partial charge is 0.380 e. The molecule has 0 aromatic heterocycles. The lowest BCUT2D eigenvalue weighted by Gasteiger charge is -2.33. The molecule has 0 heterocycles. The van der Waals surface area contributed by atoms with Crippen LogP contribution < -0.4 is 10.6 Å². The molecule has 0 bridgehead atoms. The number of carbonyl (C=O) groups is 4. The topological polar surface area (TPSA) is 138 Å². The highest BCUT2D eigenvalue weighted by Gasteiger charge is 2.32. The third-order valence-corrected chi connectivity index (χ3v) is 4.97. The molecule has 11 heteroatoms. The van der Waals surface area contributed by atoms with Crippen LogP contribution in [0.3, 0.4) is 0 Å². The SMILES string of the molecule is CNCCOCCNC(=O)CCOCC(COCCC(C)=O)(COCCC(C)=O)COCCC(C)=O. The molecule has 210 valence electrons. The summed E-state index contributed by atoms with van der Waals surface area (Å²) in [6, 6.07) is 0. The van der Waals surface area contributed by atoms with Crippen molar-refractivity contribution in [3.63, 3.8) is 0 Å². The van der Waals surface area contributed by atoms with Crippen molar-refractivity contribution in [2.24, 2.45) is 5.41 Å². The predicted molar refractivity (Wildman–Crippen MR) is 134 cm³/mol. The van der Waals surface area contributed by atoms with Crippen LogP contribution in [-0.2, 0) is 42.9 Å². The summed E-state index contributed by atoms with van der Waals surface area (Å²) in [6.07, 6.45) is 1.03. The van der Waals surface area contributed by atoms with Gasteiger partial charge in [0, 0.05) is 38.8 Å². The average Bonchev–Trinajstić information content (AvgIpc) is 2.82. The van der Waals surface area contributed by atoms with Gasteiger partial charge in [-0.15, -0.1) is 0 Å². The number of hydrogen-bond acceptors (Lipinski definition) is 10. The number of rotatable bonds is 26. The molecule has 2 N–H and O–H groups in total. The van der Waals surface area contributed by atoms with Crippen molar-refractivity contribution in [3.05, 3.63) is 0 Å².